The predicted molar refractivity (Wildman–Crippen MR) is 109 cm³/mol. The molecule has 2 heterocycles. The van der Waals surface area contributed by atoms with Crippen molar-refractivity contribution in [2.75, 3.05) is 41.3 Å². The van der Waals surface area contributed by atoms with Crippen LogP contribution >= 0.6 is 0 Å². The Morgan fingerprint density at radius 1 is 0.893 bits per heavy atom. The summed E-state index contributed by atoms with van der Waals surface area (Å²) in [4.78, 5) is 20.9. The van der Waals surface area contributed by atoms with Crippen LogP contribution in [-0.2, 0) is 0 Å². The second-order valence-corrected chi connectivity index (χ2v) is 6.64. The monoisotopic (exact) mass is 376 g/mol. The number of para-hydroxylation sites is 2. The first-order chi connectivity index (χ1) is 13.7. The van der Waals surface area contributed by atoms with Gasteiger partial charge in [0.2, 0.25) is 0 Å². The Kier molecular flexibility index (Phi) is 5.19. The molecule has 2 aromatic carbocycles. The number of amides is 1. The largest absolute Gasteiger partial charge is 0.368 e. The summed E-state index contributed by atoms with van der Waals surface area (Å²) >= 11 is 0. The van der Waals surface area contributed by atoms with Gasteiger partial charge in [0, 0.05) is 43.8 Å². The van der Waals surface area contributed by atoms with Crippen molar-refractivity contribution < 1.29 is 9.18 Å². The van der Waals surface area contributed by atoms with Gasteiger partial charge in [-0.1, -0.05) is 30.3 Å². The van der Waals surface area contributed by atoms with E-state index in [0.29, 0.717) is 11.4 Å². The standard InChI is InChI=1S/C22H21FN4O/c23-19-8-4-5-9-21(19)27-14-12-26(13-15-27)18-10-11-24-20(16-18)22(28)25-17-6-2-1-3-7-17/h1-11,16H,12-15H2,(H,25,28). The van der Waals surface area contributed by atoms with Crippen molar-refractivity contribution in [3.63, 3.8) is 0 Å². The molecule has 1 saturated heterocycles. The number of nitrogens with one attached hydrogen (secondary N) is 1. The predicted octanol–water partition coefficient (Wildman–Crippen LogP) is 3.80. The zero-order valence-corrected chi connectivity index (χ0v) is 15.4. The number of benzene rings is 2. The lowest BCUT2D eigenvalue weighted by atomic mass is 10.2. The smallest absolute Gasteiger partial charge is 0.274 e. The molecule has 0 saturated carbocycles. The van der Waals surface area contributed by atoms with Gasteiger partial charge in [-0.05, 0) is 36.4 Å². The third-order valence-corrected chi connectivity index (χ3v) is 4.85. The highest BCUT2D eigenvalue weighted by Gasteiger charge is 2.20. The first-order valence-corrected chi connectivity index (χ1v) is 9.27. The van der Waals surface area contributed by atoms with E-state index in [9.17, 15) is 9.18 Å². The van der Waals surface area contributed by atoms with Gasteiger partial charge in [0.25, 0.3) is 5.91 Å². The van der Waals surface area contributed by atoms with E-state index in [-0.39, 0.29) is 11.7 Å². The lowest BCUT2D eigenvalue weighted by Crippen LogP contribution is -2.46. The molecule has 1 aromatic heterocycles. The van der Waals surface area contributed by atoms with Crippen LogP contribution < -0.4 is 15.1 Å². The van der Waals surface area contributed by atoms with Crippen molar-refractivity contribution in [2.24, 2.45) is 0 Å². The van der Waals surface area contributed by atoms with Gasteiger partial charge < -0.3 is 15.1 Å². The van der Waals surface area contributed by atoms with E-state index < -0.39 is 0 Å². The minimum Gasteiger partial charge on any atom is -0.368 e. The van der Waals surface area contributed by atoms with Crippen LogP contribution in [0.25, 0.3) is 0 Å². The number of halogens is 1. The number of anilines is 3. The van der Waals surface area contributed by atoms with Gasteiger partial charge in [-0.15, -0.1) is 0 Å². The normalized spacial score (nSPS) is 14.0. The number of piperazine rings is 1. The fraction of sp³-hybridized carbons (Fsp3) is 0.182. The number of rotatable bonds is 4. The third-order valence-electron chi connectivity index (χ3n) is 4.85. The number of aromatic nitrogens is 1. The van der Waals surface area contributed by atoms with Crippen molar-refractivity contribution in [2.45, 2.75) is 0 Å². The Morgan fingerprint density at radius 2 is 1.57 bits per heavy atom. The summed E-state index contributed by atoms with van der Waals surface area (Å²) in [7, 11) is 0. The molecule has 1 amide bonds. The minimum absolute atomic E-state index is 0.195. The quantitative estimate of drug-likeness (QED) is 0.753. The first-order valence-electron chi connectivity index (χ1n) is 9.27. The summed E-state index contributed by atoms with van der Waals surface area (Å²) in [6.45, 7) is 2.93. The number of pyridine rings is 1. The van der Waals surface area contributed by atoms with Crippen molar-refractivity contribution in [1.29, 1.82) is 0 Å². The molecule has 1 aliphatic rings. The summed E-state index contributed by atoms with van der Waals surface area (Å²) in [6, 6.07) is 19.9. The molecule has 4 rings (SSSR count). The van der Waals surface area contributed by atoms with E-state index in [1.807, 2.05) is 48.5 Å². The van der Waals surface area contributed by atoms with E-state index in [2.05, 4.69) is 20.1 Å². The Labute approximate surface area is 163 Å². The first kappa shape index (κ1) is 18.0. The van der Waals surface area contributed by atoms with Gasteiger partial charge in [0.05, 0.1) is 5.69 Å². The van der Waals surface area contributed by atoms with Crippen LogP contribution in [0.15, 0.2) is 72.9 Å². The van der Waals surface area contributed by atoms with Crippen LogP contribution in [0.3, 0.4) is 0 Å². The summed E-state index contributed by atoms with van der Waals surface area (Å²) in [5.41, 5.74) is 2.69. The molecular formula is C22H21FN4O. The van der Waals surface area contributed by atoms with Crippen molar-refractivity contribution >= 4 is 23.0 Å². The fourth-order valence-corrected chi connectivity index (χ4v) is 3.37. The van der Waals surface area contributed by atoms with E-state index in [0.717, 1.165) is 37.6 Å². The third kappa shape index (κ3) is 3.96. The topological polar surface area (TPSA) is 48.5 Å². The molecule has 3 aromatic rings. The lowest BCUT2D eigenvalue weighted by molar-refractivity contribution is 0.102. The maximum Gasteiger partial charge on any atom is 0.274 e. The highest BCUT2D eigenvalue weighted by molar-refractivity contribution is 6.03. The summed E-state index contributed by atoms with van der Waals surface area (Å²) in [6.07, 6.45) is 1.65. The van der Waals surface area contributed by atoms with Gasteiger partial charge in [-0.25, -0.2) is 4.39 Å². The van der Waals surface area contributed by atoms with Gasteiger partial charge >= 0.3 is 0 Å². The molecule has 0 aliphatic carbocycles. The van der Waals surface area contributed by atoms with Gasteiger partial charge in [-0.2, -0.15) is 0 Å². The Bertz CT molecular complexity index is 956. The van der Waals surface area contributed by atoms with E-state index in [1.54, 1.807) is 18.3 Å². The highest BCUT2D eigenvalue weighted by atomic mass is 19.1. The molecule has 28 heavy (non-hydrogen) atoms. The molecular weight excluding hydrogens is 355 g/mol. The maximum atomic E-state index is 14.0. The van der Waals surface area contributed by atoms with E-state index in [1.165, 1.54) is 6.07 Å². The molecule has 142 valence electrons. The van der Waals surface area contributed by atoms with Crippen LogP contribution in [0, 0.1) is 5.82 Å². The van der Waals surface area contributed by atoms with Crippen molar-refractivity contribution in [1.82, 2.24) is 4.98 Å². The lowest BCUT2D eigenvalue weighted by Gasteiger charge is -2.37. The number of hydrogen-bond acceptors (Lipinski definition) is 4. The molecule has 0 unspecified atom stereocenters. The van der Waals surface area contributed by atoms with Crippen LogP contribution in [0.1, 0.15) is 10.5 Å². The zero-order chi connectivity index (χ0) is 19.3. The Hall–Kier alpha value is -3.41. The number of carbonyl (C=O) groups excluding carboxylic acids is 1. The minimum atomic E-state index is -0.238. The average Bonchev–Trinajstić information content (AvgIpc) is 2.75. The molecule has 1 aliphatic heterocycles. The van der Waals surface area contributed by atoms with Crippen molar-refractivity contribution in [3.05, 3.63) is 84.4 Å². The van der Waals surface area contributed by atoms with Gasteiger partial charge in [0.1, 0.15) is 11.5 Å². The van der Waals surface area contributed by atoms with Crippen LogP contribution in [0.5, 0.6) is 0 Å². The summed E-state index contributed by atoms with van der Waals surface area (Å²) in [5.74, 6) is -0.433. The average molecular weight is 376 g/mol. The second-order valence-electron chi connectivity index (χ2n) is 6.64. The summed E-state index contributed by atoms with van der Waals surface area (Å²) < 4.78 is 14.0. The number of hydrogen-bond donors (Lipinski definition) is 1. The zero-order valence-electron chi connectivity index (χ0n) is 15.4. The SMILES string of the molecule is O=C(Nc1ccccc1)c1cc(N2CCN(c3ccccc3F)CC2)ccn1. The Balaban J connectivity index is 1.42. The molecule has 1 fully saturated rings. The molecule has 0 radical (unpaired) electrons. The van der Waals surface area contributed by atoms with Crippen LogP contribution in [-0.4, -0.2) is 37.1 Å². The highest BCUT2D eigenvalue weighted by Crippen LogP contribution is 2.23. The van der Waals surface area contributed by atoms with E-state index >= 15 is 0 Å². The van der Waals surface area contributed by atoms with Crippen molar-refractivity contribution in [3.8, 4) is 0 Å². The molecule has 1 N–H and O–H groups in total. The molecule has 5 nitrogen and oxygen atoms in total. The molecule has 0 spiro atoms. The maximum absolute atomic E-state index is 14.0. The van der Waals surface area contributed by atoms with Gasteiger partial charge in [0.15, 0.2) is 0 Å². The van der Waals surface area contributed by atoms with E-state index in [4.69, 9.17) is 0 Å². The number of carbonyl (C=O) groups is 1. The van der Waals surface area contributed by atoms with Crippen LogP contribution in [0.4, 0.5) is 21.5 Å². The summed E-state index contributed by atoms with van der Waals surface area (Å²) in [5, 5.41) is 2.85. The molecule has 0 bridgehead atoms. The molecule has 6 heteroatoms. The second kappa shape index (κ2) is 8.08. The Morgan fingerprint density at radius 3 is 2.32 bits per heavy atom. The fourth-order valence-electron chi connectivity index (χ4n) is 3.37. The number of nitrogens with zero attached hydrogens (tertiary/aromatic N) is 3. The molecule has 0 atom stereocenters. The van der Waals surface area contributed by atoms with Gasteiger partial charge in [-0.3, -0.25) is 9.78 Å². The van der Waals surface area contributed by atoms with Crippen LogP contribution in [0.2, 0.25) is 0 Å².